The zero-order valence-corrected chi connectivity index (χ0v) is 17.2. The number of thiazole rings is 1. The molecule has 9 heteroatoms. The molecule has 1 saturated carbocycles. The number of aryl methyl sites for hydroxylation is 1. The number of thioether (sulfide) groups is 1. The smallest absolute Gasteiger partial charge is 0.307 e. The molecule has 4 rings (SSSR count). The molecule has 1 aliphatic rings. The maximum atomic E-state index is 11.8. The molecule has 1 aromatic carbocycles. The molecule has 0 radical (unpaired) electrons. The van der Waals surface area contributed by atoms with Crippen LogP contribution in [0.25, 0.3) is 0 Å². The Morgan fingerprint density at radius 1 is 1.33 bits per heavy atom. The fourth-order valence-corrected chi connectivity index (χ4v) is 4.71. The molecule has 0 atom stereocenters. The second kappa shape index (κ2) is 8.08. The molecule has 0 aliphatic heterocycles. The van der Waals surface area contributed by atoms with E-state index in [-0.39, 0.29) is 4.87 Å². The normalized spacial score (nSPS) is 13.9. The molecule has 6 nitrogen and oxygen atoms in total. The van der Waals surface area contributed by atoms with Crippen LogP contribution in [-0.2, 0) is 13.2 Å². The molecular weight excluding hydrogens is 404 g/mol. The van der Waals surface area contributed by atoms with E-state index in [4.69, 9.17) is 16.3 Å². The van der Waals surface area contributed by atoms with Gasteiger partial charge in [-0.05, 0) is 31.9 Å². The SMILES string of the molecule is Cc1csc(=O)n1CCSc1nnc(COc2ccccc2Cl)n1C1CC1. The van der Waals surface area contributed by atoms with Crippen molar-refractivity contribution in [3.63, 3.8) is 0 Å². The second-order valence-electron chi connectivity index (χ2n) is 6.36. The maximum absolute atomic E-state index is 11.8. The van der Waals surface area contributed by atoms with E-state index in [1.54, 1.807) is 22.4 Å². The highest BCUT2D eigenvalue weighted by Gasteiger charge is 2.29. The molecule has 0 amide bonds. The Balaban J connectivity index is 1.43. The van der Waals surface area contributed by atoms with Gasteiger partial charge in [0.1, 0.15) is 12.4 Å². The molecule has 27 heavy (non-hydrogen) atoms. The number of rotatable bonds is 8. The van der Waals surface area contributed by atoms with E-state index in [9.17, 15) is 4.79 Å². The third kappa shape index (κ3) is 4.23. The van der Waals surface area contributed by atoms with Crippen molar-refractivity contribution in [1.29, 1.82) is 0 Å². The summed E-state index contributed by atoms with van der Waals surface area (Å²) in [5.74, 6) is 2.23. The minimum absolute atomic E-state index is 0.0885. The van der Waals surface area contributed by atoms with Gasteiger partial charge in [0.15, 0.2) is 11.0 Å². The highest BCUT2D eigenvalue weighted by molar-refractivity contribution is 7.99. The van der Waals surface area contributed by atoms with Crippen LogP contribution in [0.15, 0.2) is 39.6 Å². The van der Waals surface area contributed by atoms with Gasteiger partial charge in [0.25, 0.3) is 0 Å². The van der Waals surface area contributed by atoms with E-state index in [2.05, 4.69) is 14.8 Å². The lowest BCUT2D eigenvalue weighted by atomic mass is 10.3. The molecule has 0 N–H and O–H groups in total. The fourth-order valence-electron chi connectivity index (χ4n) is 2.81. The summed E-state index contributed by atoms with van der Waals surface area (Å²) in [6, 6.07) is 7.85. The van der Waals surface area contributed by atoms with Crippen LogP contribution in [0.2, 0.25) is 5.02 Å². The molecule has 142 valence electrons. The number of ether oxygens (including phenoxy) is 1. The zero-order valence-electron chi connectivity index (χ0n) is 14.8. The van der Waals surface area contributed by atoms with Gasteiger partial charge in [-0.3, -0.25) is 4.79 Å². The molecule has 1 fully saturated rings. The largest absolute Gasteiger partial charge is 0.484 e. The van der Waals surface area contributed by atoms with Gasteiger partial charge in [0.05, 0.1) is 5.02 Å². The lowest BCUT2D eigenvalue weighted by Crippen LogP contribution is -2.16. The van der Waals surface area contributed by atoms with Crippen LogP contribution in [0.4, 0.5) is 0 Å². The van der Waals surface area contributed by atoms with Crippen LogP contribution in [0.1, 0.15) is 30.4 Å². The number of para-hydroxylation sites is 1. The first-order valence-corrected chi connectivity index (χ1v) is 11.0. The second-order valence-corrected chi connectivity index (χ2v) is 8.65. The number of benzene rings is 1. The monoisotopic (exact) mass is 422 g/mol. The first-order valence-electron chi connectivity index (χ1n) is 8.72. The van der Waals surface area contributed by atoms with Crippen LogP contribution >= 0.6 is 34.7 Å². The fraction of sp³-hybridized carbons (Fsp3) is 0.389. The van der Waals surface area contributed by atoms with Gasteiger partial charge in [0.2, 0.25) is 0 Å². The minimum atomic E-state index is 0.0885. The van der Waals surface area contributed by atoms with Crippen LogP contribution in [-0.4, -0.2) is 25.1 Å². The van der Waals surface area contributed by atoms with Gasteiger partial charge in [0, 0.05) is 29.4 Å². The van der Waals surface area contributed by atoms with E-state index in [1.807, 2.05) is 30.5 Å². The summed E-state index contributed by atoms with van der Waals surface area (Å²) in [6.45, 7) is 2.96. The molecule has 2 heterocycles. The van der Waals surface area contributed by atoms with Gasteiger partial charge < -0.3 is 13.9 Å². The summed E-state index contributed by atoms with van der Waals surface area (Å²) in [7, 11) is 0. The van der Waals surface area contributed by atoms with Gasteiger partial charge in [-0.1, -0.05) is 46.8 Å². The minimum Gasteiger partial charge on any atom is -0.484 e. The van der Waals surface area contributed by atoms with Crippen molar-refractivity contribution in [2.45, 2.75) is 44.1 Å². The summed E-state index contributed by atoms with van der Waals surface area (Å²) in [5.41, 5.74) is 1.00. The Bertz CT molecular complexity index is 993. The van der Waals surface area contributed by atoms with E-state index < -0.39 is 0 Å². The van der Waals surface area contributed by atoms with Crippen LogP contribution in [0.5, 0.6) is 5.75 Å². The summed E-state index contributed by atoms with van der Waals surface area (Å²) in [5, 5.41) is 12.0. The number of hydrogen-bond acceptors (Lipinski definition) is 6. The highest BCUT2D eigenvalue weighted by atomic mass is 35.5. The van der Waals surface area contributed by atoms with Gasteiger partial charge in [-0.25, -0.2) is 0 Å². The van der Waals surface area contributed by atoms with E-state index in [0.717, 1.165) is 35.3 Å². The predicted octanol–water partition coefficient (Wildman–Crippen LogP) is 4.17. The topological polar surface area (TPSA) is 61.9 Å². The standard InChI is InChI=1S/C18H19ClN4O2S2/c1-12-11-27-18(24)22(12)8-9-26-17-21-20-16(23(17)13-6-7-13)10-25-15-5-3-2-4-14(15)19/h2-5,11,13H,6-10H2,1H3. The highest BCUT2D eigenvalue weighted by Crippen LogP contribution is 2.39. The van der Waals surface area contributed by atoms with Crippen molar-refractivity contribution in [2.75, 3.05) is 5.75 Å². The van der Waals surface area contributed by atoms with Crippen molar-refractivity contribution >= 4 is 34.7 Å². The summed E-state index contributed by atoms with van der Waals surface area (Å²) in [4.78, 5) is 11.9. The van der Waals surface area contributed by atoms with Crippen LogP contribution < -0.4 is 9.61 Å². The van der Waals surface area contributed by atoms with Crippen molar-refractivity contribution in [1.82, 2.24) is 19.3 Å². The Morgan fingerprint density at radius 3 is 2.85 bits per heavy atom. The third-order valence-corrected chi connectivity index (χ3v) is 6.48. The zero-order chi connectivity index (χ0) is 18.8. The average Bonchev–Trinajstić information content (AvgIpc) is 3.35. The molecule has 2 aromatic heterocycles. The van der Waals surface area contributed by atoms with Crippen molar-refractivity contribution in [3.8, 4) is 5.75 Å². The molecule has 0 spiro atoms. The maximum Gasteiger partial charge on any atom is 0.307 e. The third-order valence-electron chi connectivity index (χ3n) is 4.36. The van der Waals surface area contributed by atoms with Crippen molar-refractivity contribution in [2.24, 2.45) is 0 Å². The first-order chi connectivity index (χ1) is 13.1. The van der Waals surface area contributed by atoms with Crippen LogP contribution in [0, 0.1) is 6.92 Å². The predicted molar refractivity (Wildman–Crippen MR) is 108 cm³/mol. The number of hydrogen-bond donors (Lipinski definition) is 0. The molecule has 1 aliphatic carbocycles. The van der Waals surface area contributed by atoms with Crippen LogP contribution in [0.3, 0.4) is 0 Å². The number of nitrogens with zero attached hydrogens (tertiary/aromatic N) is 4. The Hall–Kier alpha value is -1.77. The molecule has 0 bridgehead atoms. The number of halogens is 1. The molecule has 3 aromatic rings. The lowest BCUT2D eigenvalue weighted by molar-refractivity contribution is 0.288. The molecular formula is C18H19ClN4O2S2. The van der Waals surface area contributed by atoms with Gasteiger partial charge in [-0.15, -0.1) is 10.2 Å². The Morgan fingerprint density at radius 2 is 2.15 bits per heavy atom. The van der Waals surface area contributed by atoms with Crippen molar-refractivity contribution in [3.05, 3.63) is 55.9 Å². The van der Waals surface area contributed by atoms with Gasteiger partial charge in [-0.2, -0.15) is 0 Å². The summed E-state index contributed by atoms with van der Waals surface area (Å²) >= 11 is 9.03. The average molecular weight is 423 g/mol. The Kier molecular flexibility index (Phi) is 5.56. The lowest BCUT2D eigenvalue weighted by Gasteiger charge is -2.11. The van der Waals surface area contributed by atoms with E-state index in [1.165, 1.54) is 11.3 Å². The summed E-state index contributed by atoms with van der Waals surface area (Å²) < 4.78 is 9.81. The summed E-state index contributed by atoms with van der Waals surface area (Å²) in [6.07, 6.45) is 2.27. The number of aromatic nitrogens is 4. The molecule has 0 saturated heterocycles. The molecule has 0 unspecified atom stereocenters. The first kappa shape index (κ1) is 18.6. The van der Waals surface area contributed by atoms with E-state index >= 15 is 0 Å². The van der Waals surface area contributed by atoms with Crippen molar-refractivity contribution < 1.29 is 4.74 Å². The quantitative estimate of drug-likeness (QED) is 0.510. The van der Waals surface area contributed by atoms with E-state index in [0.29, 0.717) is 30.0 Å². The van der Waals surface area contributed by atoms with Gasteiger partial charge >= 0.3 is 4.87 Å². The Labute approximate surface area is 170 Å².